The molecule has 2 rings (SSSR count). The van der Waals surface area contributed by atoms with E-state index < -0.39 is 30.8 Å². The Morgan fingerprint density at radius 1 is 1.12 bits per heavy atom. The van der Waals surface area contributed by atoms with Gasteiger partial charge in [-0.25, -0.2) is 13.1 Å². The van der Waals surface area contributed by atoms with Crippen molar-refractivity contribution in [3.05, 3.63) is 29.8 Å². The van der Waals surface area contributed by atoms with Gasteiger partial charge in [0.1, 0.15) is 4.90 Å². The van der Waals surface area contributed by atoms with Gasteiger partial charge >= 0.3 is 40.1 Å². The zero-order valence-electron chi connectivity index (χ0n) is 7.67. The maximum atomic E-state index is 11.1. The van der Waals surface area contributed by atoms with E-state index in [-0.39, 0.29) is 33.5 Å². The molecule has 17 heavy (non-hydrogen) atoms. The number of fused-ring (bicyclic) bond motifs is 1. The molecule has 0 aliphatic carbocycles. The van der Waals surface area contributed by atoms with E-state index in [2.05, 4.69) is 0 Å². The Morgan fingerprint density at radius 2 is 1.59 bits per heavy atom. The van der Waals surface area contributed by atoms with Gasteiger partial charge in [0, 0.05) is 0 Å². The molecule has 1 aromatic carbocycles. The molecule has 0 saturated heterocycles. The van der Waals surface area contributed by atoms with Gasteiger partial charge in [-0.05, 0) is 12.1 Å². The Kier molecular flexibility index (Phi) is 8.28. The molecule has 96 valence electrons. The molecule has 0 spiro atoms. The minimum atomic E-state index is -3.55. The second-order valence-electron chi connectivity index (χ2n) is 2.50. The molecule has 1 amide bonds. The molecule has 0 aromatic heterocycles. The van der Waals surface area contributed by atoms with Crippen LogP contribution in [-0.2, 0) is 17.7 Å². The number of nitrogens with one attached hydrogen (secondary N) is 1. The number of amides is 1. The molecule has 3 N–H and O–H groups in total. The summed E-state index contributed by atoms with van der Waals surface area (Å²) in [6.45, 7) is 0. The zero-order chi connectivity index (χ0) is 11.5. The van der Waals surface area contributed by atoms with E-state index in [4.69, 9.17) is 7.67 Å². The fourth-order valence-electron chi connectivity index (χ4n) is 1.12. The van der Waals surface area contributed by atoms with E-state index >= 15 is 0 Å². The number of benzene rings is 1. The van der Waals surface area contributed by atoms with E-state index in [0.29, 0.717) is 0 Å². The maximum absolute atomic E-state index is 11.1. The monoisotopic (exact) mass is 391 g/mol. The van der Waals surface area contributed by atoms with Gasteiger partial charge < -0.3 is 5.48 Å². The van der Waals surface area contributed by atoms with Crippen LogP contribution >= 0.6 is 0 Å². The van der Waals surface area contributed by atoms with Crippen molar-refractivity contribution in [1.82, 2.24) is 4.72 Å². The number of carbonyl (C=O) groups excluding carboxylic acids is 1. The van der Waals surface area contributed by atoms with Crippen LogP contribution in [-0.4, -0.2) is 52.2 Å². The van der Waals surface area contributed by atoms with Crippen LogP contribution in [0, 0.1) is 0 Å². The summed E-state index contributed by atoms with van der Waals surface area (Å²) in [7, 11) is -3.55. The number of carbonyl (C=O) groups is 1. The molecule has 0 unspecified atom stereocenters. The zero-order valence-corrected chi connectivity index (χ0v) is 10.2. The summed E-state index contributed by atoms with van der Waals surface area (Å²) in [6, 6.07) is 6.09. The second kappa shape index (κ2) is 7.56. The third-order valence-electron chi connectivity index (χ3n) is 1.65. The van der Waals surface area contributed by atoms with Gasteiger partial charge in [-0.1, -0.05) is 12.1 Å². The van der Waals surface area contributed by atoms with Crippen molar-refractivity contribution in [2.45, 2.75) is 4.90 Å². The standard InChI is InChI=1S/C7H5NO3S.GeH4.O2Se.H2O/c9-7-5-3-1-2-4-6(5)12(10,11)8-7;;1-3-2;/h1-4H,(H,8,9);1H4;;1H2. The number of hydrogen-bond acceptors (Lipinski definition) is 5. The molecule has 7 nitrogen and oxygen atoms in total. The van der Waals surface area contributed by atoms with Crippen molar-refractivity contribution in [1.29, 1.82) is 0 Å². The summed E-state index contributed by atoms with van der Waals surface area (Å²) in [5, 5.41) is 0. The molecule has 1 aromatic rings. The Balaban J connectivity index is 0. The fourth-order valence-corrected chi connectivity index (χ4v) is 2.29. The Hall–Kier alpha value is -0.738. The first-order chi connectivity index (χ1) is 7.03. The van der Waals surface area contributed by atoms with Crippen LogP contribution in [0.1, 0.15) is 10.4 Å². The summed E-state index contributed by atoms with van der Waals surface area (Å²) in [5.74, 6) is -0.550. The van der Waals surface area contributed by atoms with E-state index in [1.807, 2.05) is 4.72 Å². The molecule has 1 heterocycles. The molecule has 0 bridgehead atoms. The van der Waals surface area contributed by atoms with Crippen molar-refractivity contribution in [3.8, 4) is 0 Å². The predicted octanol–water partition coefficient (Wildman–Crippen LogP) is -2.78. The van der Waals surface area contributed by atoms with Crippen molar-refractivity contribution in [2.75, 3.05) is 0 Å². The summed E-state index contributed by atoms with van der Waals surface area (Å²) in [6.07, 6.45) is 0. The van der Waals surface area contributed by atoms with Gasteiger partial charge in [0.25, 0.3) is 15.9 Å². The van der Waals surface area contributed by atoms with Crippen LogP contribution in [0.3, 0.4) is 0 Å². The van der Waals surface area contributed by atoms with E-state index in [1.165, 1.54) is 12.1 Å². The average Bonchev–Trinajstić information content (AvgIpc) is 2.40. The van der Waals surface area contributed by atoms with E-state index in [9.17, 15) is 13.2 Å². The summed E-state index contributed by atoms with van der Waals surface area (Å²) >= 11 is -1.62. The third-order valence-corrected chi connectivity index (χ3v) is 3.04. The predicted molar refractivity (Wildman–Crippen MR) is 63.2 cm³/mol. The Labute approximate surface area is 114 Å². The first kappa shape index (κ1) is 18.6. The van der Waals surface area contributed by atoms with Crippen LogP contribution in [0.2, 0.25) is 0 Å². The fraction of sp³-hybridized carbons (Fsp3) is 0. The first-order valence-corrected chi connectivity index (χ1v) is 6.49. The third kappa shape index (κ3) is 4.21. The molecule has 1 aliphatic heterocycles. The van der Waals surface area contributed by atoms with Crippen molar-refractivity contribution < 1.29 is 26.4 Å². The van der Waals surface area contributed by atoms with Gasteiger partial charge in [0.05, 0.1) is 5.56 Å². The van der Waals surface area contributed by atoms with Crippen LogP contribution in [0.4, 0.5) is 0 Å². The van der Waals surface area contributed by atoms with Gasteiger partial charge in [-0.2, -0.15) is 0 Å². The molecule has 0 radical (unpaired) electrons. The summed E-state index contributed by atoms with van der Waals surface area (Å²) < 4.78 is 41.0. The minimum absolute atomic E-state index is 0. The van der Waals surface area contributed by atoms with Crippen LogP contribution < -0.4 is 4.72 Å². The molecular formula is C7H11GeNO6SSe. The first-order valence-electron chi connectivity index (χ1n) is 3.61. The molecular weight excluding hydrogens is 378 g/mol. The topological polar surface area (TPSA) is 129 Å². The quantitative estimate of drug-likeness (QED) is 0.481. The van der Waals surface area contributed by atoms with Gasteiger partial charge in [0.15, 0.2) is 0 Å². The Morgan fingerprint density at radius 3 is 2.06 bits per heavy atom. The van der Waals surface area contributed by atoms with Crippen molar-refractivity contribution in [2.24, 2.45) is 0 Å². The van der Waals surface area contributed by atoms with Crippen molar-refractivity contribution >= 4 is 48.3 Å². The normalized spacial score (nSPS) is 13.8. The SMILES string of the molecule is O.O=C1NS(=O)(=O)c2ccccc21.O=[Se]=O.[GeH4]. The van der Waals surface area contributed by atoms with Crippen molar-refractivity contribution in [3.63, 3.8) is 0 Å². The van der Waals surface area contributed by atoms with Crippen LogP contribution in [0.5, 0.6) is 0 Å². The molecule has 0 fully saturated rings. The van der Waals surface area contributed by atoms with Crippen LogP contribution in [0.15, 0.2) is 29.2 Å². The summed E-state index contributed by atoms with van der Waals surface area (Å²) in [4.78, 5) is 11.1. The van der Waals surface area contributed by atoms with Crippen LogP contribution in [0.25, 0.3) is 0 Å². The van der Waals surface area contributed by atoms with Gasteiger partial charge in [-0.3, -0.25) is 4.79 Å². The molecule has 10 heteroatoms. The number of hydrogen-bond donors (Lipinski definition) is 1. The Bertz CT molecular complexity index is 539. The number of rotatable bonds is 0. The molecule has 0 saturated carbocycles. The summed E-state index contributed by atoms with van der Waals surface area (Å²) in [5.41, 5.74) is 0.220. The molecule has 0 atom stereocenters. The van der Waals surface area contributed by atoms with Gasteiger partial charge in [0.2, 0.25) is 0 Å². The number of sulfonamides is 1. The van der Waals surface area contributed by atoms with Gasteiger partial charge in [-0.15, -0.1) is 0 Å². The second-order valence-corrected chi connectivity index (χ2v) is 4.44. The molecule has 1 aliphatic rings. The van der Waals surface area contributed by atoms with E-state index in [0.717, 1.165) is 0 Å². The average molecular weight is 389 g/mol. The van der Waals surface area contributed by atoms with E-state index in [1.54, 1.807) is 12.1 Å².